The van der Waals surface area contributed by atoms with Crippen LogP contribution in [0, 0.1) is 5.82 Å². The molecule has 0 radical (unpaired) electrons. The third-order valence-corrected chi connectivity index (χ3v) is 6.45. The van der Waals surface area contributed by atoms with E-state index in [9.17, 15) is 19.1 Å². The van der Waals surface area contributed by atoms with Gasteiger partial charge in [-0.15, -0.1) is 0 Å². The van der Waals surface area contributed by atoms with Gasteiger partial charge in [0.25, 0.3) is 5.91 Å². The van der Waals surface area contributed by atoms with Crippen molar-refractivity contribution in [3.05, 3.63) is 64.4 Å². The molecule has 2 unspecified atom stereocenters. The van der Waals surface area contributed by atoms with E-state index < -0.39 is 11.6 Å². The Balaban J connectivity index is 1.59. The van der Waals surface area contributed by atoms with Crippen molar-refractivity contribution in [3.8, 4) is 5.75 Å². The molecule has 1 aliphatic rings. The highest BCUT2D eigenvalue weighted by Gasteiger charge is 2.32. The molecule has 1 saturated heterocycles. The molecule has 1 heterocycles. The maximum Gasteiger partial charge on any atom is 0.335 e. The zero-order chi connectivity index (χ0) is 25.8. The van der Waals surface area contributed by atoms with Crippen LogP contribution < -0.4 is 4.74 Å². The number of piperazine rings is 1. The number of aliphatic carboxylic acids is 1. The summed E-state index contributed by atoms with van der Waals surface area (Å²) >= 11 is 6.10. The summed E-state index contributed by atoms with van der Waals surface area (Å²) in [5.74, 6) is -1.07. The number of nitrogens with zero attached hydrogens (tertiary/aromatic N) is 2. The third kappa shape index (κ3) is 7.16. The summed E-state index contributed by atoms with van der Waals surface area (Å²) in [6, 6.07) is 11.5. The Morgan fingerprint density at radius 3 is 2.46 bits per heavy atom. The average molecular weight is 507 g/mol. The molecule has 2 atom stereocenters. The monoisotopic (exact) mass is 506 g/mol. The number of hydrogen-bond acceptors (Lipinski definition) is 5. The molecule has 0 bridgehead atoms. The average Bonchev–Trinajstić information content (AvgIpc) is 2.80. The lowest BCUT2D eigenvalue weighted by Gasteiger charge is -2.44. The van der Waals surface area contributed by atoms with E-state index in [-0.39, 0.29) is 37.0 Å². The lowest BCUT2D eigenvalue weighted by atomic mass is 10.1. The van der Waals surface area contributed by atoms with Crippen molar-refractivity contribution in [2.75, 3.05) is 19.7 Å². The third-order valence-electron chi connectivity index (χ3n) is 6.21. The van der Waals surface area contributed by atoms with Crippen molar-refractivity contribution in [2.45, 2.75) is 58.5 Å². The van der Waals surface area contributed by atoms with Gasteiger partial charge in [-0.25, -0.2) is 9.18 Å². The van der Waals surface area contributed by atoms with Crippen molar-refractivity contribution in [2.24, 2.45) is 0 Å². The minimum atomic E-state index is -1.38. The van der Waals surface area contributed by atoms with Crippen molar-refractivity contribution in [3.63, 3.8) is 0 Å². The number of hydrogen-bond donors (Lipinski definition) is 1. The Hall–Kier alpha value is -2.68. The summed E-state index contributed by atoms with van der Waals surface area (Å²) in [6.07, 6.45) is 0. The van der Waals surface area contributed by atoms with Crippen LogP contribution in [0.1, 0.15) is 38.8 Å². The summed E-state index contributed by atoms with van der Waals surface area (Å²) in [6.45, 7) is 8.72. The van der Waals surface area contributed by atoms with Crippen molar-refractivity contribution < 1.29 is 28.6 Å². The molecule has 0 aliphatic carbocycles. The van der Waals surface area contributed by atoms with Gasteiger partial charge in [0.1, 0.15) is 11.6 Å². The Morgan fingerprint density at radius 1 is 1.11 bits per heavy atom. The number of amides is 1. The van der Waals surface area contributed by atoms with E-state index >= 15 is 0 Å². The molecule has 2 aromatic rings. The SMILES string of the molecule is CC1CN(C(=O)COc2ccc(Cl)cc2COC(C)(C)C(=O)O)C(C)CN1Cc1ccc(F)cc1. The molecule has 1 N–H and O–H groups in total. The molecule has 9 heteroatoms. The van der Waals surface area contributed by atoms with Crippen LogP contribution in [-0.4, -0.2) is 64.2 Å². The number of benzene rings is 2. The first-order valence-corrected chi connectivity index (χ1v) is 11.9. The molecule has 1 fully saturated rings. The largest absolute Gasteiger partial charge is 0.483 e. The first-order chi connectivity index (χ1) is 16.5. The number of carbonyl (C=O) groups is 2. The smallest absolute Gasteiger partial charge is 0.335 e. The second-order valence-corrected chi connectivity index (χ2v) is 9.88. The molecule has 35 heavy (non-hydrogen) atoms. The highest BCUT2D eigenvalue weighted by Crippen LogP contribution is 2.26. The number of carbonyl (C=O) groups excluding carboxylic acids is 1. The van der Waals surface area contributed by atoms with Gasteiger partial charge in [0.05, 0.1) is 6.61 Å². The molecule has 1 aliphatic heterocycles. The predicted octanol–water partition coefficient (Wildman–Crippen LogP) is 4.36. The van der Waals surface area contributed by atoms with E-state index in [1.807, 2.05) is 11.8 Å². The van der Waals surface area contributed by atoms with Crippen LogP contribution in [0.5, 0.6) is 5.75 Å². The minimum Gasteiger partial charge on any atom is -0.483 e. The molecule has 0 spiro atoms. The Labute approximate surface area is 210 Å². The minimum absolute atomic E-state index is 0.0212. The number of rotatable bonds is 9. The van der Waals surface area contributed by atoms with Gasteiger partial charge in [-0.1, -0.05) is 23.7 Å². The van der Waals surface area contributed by atoms with Gasteiger partial charge in [0.15, 0.2) is 12.2 Å². The van der Waals surface area contributed by atoms with Crippen LogP contribution in [0.3, 0.4) is 0 Å². The molecule has 190 valence electrons. The van der Waals surface area contributed by atoms with E-state index in [0.29, 0.717) is 36.0 Å². The number of carboxylic acids is 1. The molecular formula is C26H32ClFN2O5. The fourth-order valence-corrected chi connectivity index (χ4v) is 4.13. The Kier molecular flexibility index (Phi) is 8.74. The standard InChI is InChI=1S/C26H32ClFN2O5/c1-17-13-30(18(2)12-29(17)14-19-5-8-22(28)9-6-19)24(31)16-34-23-10-7-21(27)11-20(23)15-35-26(3,4)25(32)33/h5-11,17-18H,12-16H2,1-4H3,(H,32,33). The summed E-state index contributed by atoms with van der Waals surface area (Å²) in [5.41, 5.74) is 0.205. The zero-order valence-electron chi connectivity index (χ0n) is 20.5. The van der Waals surface area contributed by atoms with Crippen LogP contribution >= 0.6 is 11.6 Å². The Morgan fingerprint density at radius 2 is 1.80 bits per heavy atom. The van der Waals surface area contributed by atoms with Crippen LogP contribution in [-0.2, 0) is 27.5 Å². The van der Waals surface area contributed by atoms with Gasteiger partial charge in [0, 0.05) is 42.3 Å². The van der Waals surface area contributed by atoms with Gasteiger partial charge in [-0.2, -0.15) is 0 Å². The van der Waals surface area contributed by atoms with Gasteiger partial charge >= 0.3 is 5.97 Å². The summed E-state index contributed by atoms with van der Waals surface area (Å²) in [4.78, 5) is 28.4. The van der Waals surface area contributed by atoms with Crippen LogP contribution in [0.2, 0.25) is 5.02 Å². The fraction of sp³-hybridized carbons (Fsp3) is 0.462. The van der Waals surface area contributed by atoms with Crippen molar-refractivity contribution in [1.29, 1.82) is 0 Å². The maximum absolute atomic E-state index is 13.2. The quantitative estimate of drug-likeness (QED) is 0.544. The summed E-state index contributed by atoms with van der Waals surface area (Å²) in [7, 11) is 0. The molecule has 0 saturated carbocycles. The summed E-state index contributed by atoms with van der Waals surface area (Å²) in [5, 5.41) is 9.72. The number of halogens is 2. The first kappa shape index (κ1) is 26.9. The van der Waals surface area contributed by atoms with Gasteiger partial charge in [-0.05, 0) is 63.6 Å². The van der Waals surface area contributed by atoms with E-state index in [0.717, 1.165) is 5.56 Å². The first-order valence-electron chi connectivity index (χ1n) is 11.5. The highest BCUT2D eigenvalue weighted by atomic mass is 35.5. The van der Waals surface area contributed by atoms with E-state index in [4.69, 9.17) is 21.1 Å². The molecular weight excluding hydrogens is 475 g/mol. The van der Waals surface area contributed by atoms with Gasteiger partial charge in [-0.3, -0.25) is 9.69 Å². The predicted molar refractivity (Wildman–Crippen MR) is 131 cm³/mol. The molecule has 7 nitrogen and oxygen atoms in total. The van der Waals surface area contributed by atoms with Crippen LogP contribution in [0.15, 0.2) is 42.5 Å². The molecule has 3 rings (SSSR count). The van der Waals surface area contributed by atoms with Gasteiger partial charge < -0.3 is 19.5 Å². The lowest BCUT2D eigenvalue weighted by molar-refractivity contribution is -0.162. The van der Waals surface area contributed by atoms with E-state index in [1.165, 1.54) is 26.0 Å². The zero-order valence-corrected chi connectivity index (χ0v) is 21.2. The summed E-state index contributed by atoms with van der Waals surface area (Å²) < 4.78 is 24.6. The van der Waals surface area contributed by atoms with Crippen LogP contribution in [0.25, 0.3) is 0 Å². The topological polar surface area (TPSA) is 79.3 Å². The molecule has 0 aromatic heterocycles. The van der Waals surface area contributed by atoms with E-state index in [2.05, 4.69) is 11.8 Å². The van der Waals surface area contributed by atoms with E-state index in [1.54, 1.807) is 30.3 Å². The number of carboxylic acid groups (broad SMARTS) is 1. The van der Waals surface area contributed by atoms with Crippen molar-refractivity contribution >= 4 is 23.5 Å². The maximum atomic E-state index is 13.2. The molecule has 2 aromatic carbocycles. The van der Waals surface area contributed by atoms with Crippen molar-refractivity contribution in [1.82, 2.24) is 9.80 Å². The lowest BCUT2D eigenvalue weighted by Crippen LogP contribution is -2.58. The Bertz CT molecular complexity index is 1050. The van der Waals surface area contributed by atoms with Crippen LogP contribution in [0.4, 0.5) is 4.39 Å². The van der Waals surface area contributed by atoms with Gasteiger partial charge in [0.2, 0.25) is 0 Å². The fourth-order valence-electron chi connectivity index (χ4n) is 3.93. The molecule has 1 amide bonds. The second kappa shape index (κ2) is 11.4. The number of ether oxygens (including phenoxy) is 2. The normalized spacial score (nSPS) is 19.0. The highest BCUT2D eigenvalue weighted by molar-refractivity contribution is 6.30. The second-order valence-electron chi connectivity index (χ2n) is 9.44.